The van der Waals surface area contributed by atoms with E-state index in [2.05, 4.69) is 5.48 Å². The van der Waals surface area contributed by atoms with Gasteiger partial charge in [-0.1, -0.05) is 0 Å². The number of carbonyl (C=O) groups is 1. The Kier molecular flexibility index (Phi) is 7.33. The van der Waals surface area contributed by atoms with E-state index >= 15 is 0 Å². The van der Waals surface area contributed by atoms with Crippen LogP contribution in [0.2, 0.25) is 0 Å². The predicted molar refractivity (Wildman–Crippen MR) is 104 cm³/mol. The molecule has 0 radical (unpaired) electrons. The summed E-state index contributed by atoms with van der Waals surface area (Å²) in [5.74, 6) is 0.284. The number of hydroxylamine groups is 1. The van der Waals surface area contributed by atoms with Gasteiger partial charge in [-0.05, 0) is 37.8 Å². The average Bonchev–Trinajstić information content (AvgIpc) is 2.77. The van der Waals surface area contributed by atoms with Gasteiger partial charge < -0.3 is 14.2 Å². The highest BCUT2D eigenvalue weighted by Crippen LogP contribution is 2.32. The fourth-order valence-electron chi connectivity index (χ4n) is 3.50. The summed E-state index contributed by atoms with van der Waals surface area (Å²) in [6, 6.07) is 4.51. The van der Waals surface area contributed by atoms with Crippen LogP contribution in [0.4, 0.5) is 0 Å². The number of methoxy groups -OCH3 is 2. The predicted octanol–water partition coefficient (Wildman–Crippen LogP) is 1.68. The summed E-state index contributed by atoms with van der Waals surface area (Å²) in [5.41, 5.74) is 2.47. The number of nitrogens with one attached hydrogen (secondary N) is 1. The van der Waals surface area contributed by atoms with Gasteiger partial charge in [-0.25, -0.2) is 18.7 Å². The zero-order valence-corrected chi connectivity index (χ0v) is 17.6. The third-order valence-electron chi connectivity index (χ3n) is 5.25. The van der Waals surface area contributed by atoms with Gasteiger partial charge in [-0.2, -0.15) is 4.31 Å². The maximum absolute atomic E-state index is 13.0. The molecule has 1 aromatic rings. The van der Waals surface area contributed by atoms with Gasteiger partial charge in [0.1, 0.15) is 0 Å². The zero-order valence-electron chi connectivity index (χ0n) is 16.8. The Balaban J connectivity index is 1.55. The molecule has 0 aromatic heterocycles. The number of nitrogens with zero attached hydrogens (tertiary/aromatic N) is 1. The first-order valence-electron chi connectivity index (χ1n) is 9.75. The second-order valence-electron chi connectivity index (χ2n) is 7.08. The summed E-state index contributed by atoms with van der Waals surface area (Å²) in [7, 11) is -0.734. The minimum atomic E-state index is -3.68. The van der Waals surface area contributed by atoms with Crippen molar-refractivity contribution in [2.75, 3.05) is 33.9 Å². The number of benzene rings is 1. The van der Waals surface area contributed by atoms with E-state index in [0.29, 0.717) is 30.9 Å². The number of ether oxygens (including phenoxy) is 3. The van der Waals surface area contributed by atoms with Gasteiger partial charge >= 0.3 is 0 Å². The molecule has 0 bridgehead atoms. The molecule has 29 heavy (non-hydrogen) atoms. The van der Waals surface area contributed by atoms with Crippen LogP contribution in [0, 0.1) is 5.92 Å². The lowest BCUT2D eigenvalue weighted by molar-refractivity contribution is -0.202. The first-order chi connectivity index (χ1) is 14.0. The highest BCUT2D eigenvalue weighted by molar-refractivity contribution is 7.89. The molecular weight excluding hydrogens is 400 g/mol. The normalized spacial score (nSPS) is 21.5. The van der Waals surface area contributed by atoms with Crippen molar-refractivity contribution >= 4 is 15.9 Å². The summed E-state index contributed by atoms with van der Waals surface area (Å²) in [5, 5.41) is 0. The molecule has 2 aliphatic heterocycles. The summed E-state index contributed by atoms with van der Waals surface area (Å²) in [6.07, 6.45) is 3.20. The molecule has 1 aromatic carbocycles. The molecule has 10 heteroatoms. The van der Waals surface area contributed by atoms with Crippen molar-refractivity contribution < 1.29 is 32.3 Å². The topological polar surface area (TPSA) is 103 Å². The van der Waals surface area contributed by atoms with Crippen LogP contribution in [0.3, 0.4) is 0 Å². The van der Waals surface area contributed by atoms with Crippen LogP contribution in [-0.4, -0.2) is 58.8 Å². The van der Waals surface area contributed by atoms with Crippen LogP contribution >= 0.6 is 0 Å². The first kappa shape index (κ1) is 21.8. The fraction of sp³-hybridized carbons (Fsp3) is 0.632. The van der Waals surface area contributed by atoms with Crippen molar-refractivity contribution in [3.63, 3.8) is 0 Å². The number of hydrogen-bond acceptors (Lipinski definition) is 7. The van der Waals surface area contributed by atoms with E-state index in [-0.39, 0.29) is 29.8 Å². The van der Waals surface area contributed by atoms with Crippen LogP contribution in [0.25, 0.3) is 0 Å². The van der Waals surface area contributed by atoms with Crippen LogP contribution in [0.1, 0.15) is 32.1 Å². The smallest absolute Gasteiger partial charge is 0.246 e. The number of piperidine rings is 1. The van der Waals surface area contributed by atoms with Crippen molar-refractivity contribution in [2.45, 2.75) is 43.3 Å². The van der Waals surface area contributed by atoms with E-state index in [1.165, 1.54) is 30.7 Å². The molecule has 9 nitrogen and oxygen atoms in total. The van der Waals surface area contributed by atoms with Gasteiger partial charge in [0, 0.05) is 38.1 Å². The van der Waals surface area contributed by atoms with Crippen molar-refractivity contribution in [1.29, 1.82) is 0 Å². The van der Waals surface area contributed by atoms with Crippen LogP contribution in [-0.2, 0) is 24.4 Å². The van der Waals surface area contributed by atoms with Gasteiger partial charge in [-0.3, -0.25) is 4.79 Å². The molecule has 0 aliphatic carbocycles. The van der Waals surface area contributed by atoms with E-state index in [1.54, 1.807) is 6.07 Å². The van der Waals surface area contributed by atoms with Gasteiger partial charge in [0.05, 0.1) is 19.1 Å². The number of amides is 1. The Morgan fingerprint density at radius 3 is 2.45 bits per heavy atom. The SMILES string of the molecule is COc1ccc(S(=O)(=O)N2CCC(C(=O)NOC3CCCCO3)CC2)cc1OC. The molecule has 2 saturated heterocycles. The van der Waals surface area contributed by atoms with E-state index < -0.39 is 16.3 Å². The van der Waals surface area contributed by atoms with Crippen LogP contribution in [0.5, 0.6) is 11.5 Å². The molecule has 3 rings (SSSR count). The van der Waals surface area contributed by atoms with Gasteiger partial charge in [-0.15, -0.1) is 0 Å². The average molecular weight is 429 g/mol. The number of carbonyl (C=O) groups excluding carboxylic acids is 1. The lowest BCUT2D eigenvalue weighted by Gasteiger charge is -2.31. The minimum absolute atomic E-state index is 0.135. The highest BCUT2D eigenvalue weighted by atomic mass is 32.2. The van der Waals surface area contributed by atoms with Crippen molar-refractivity contribution in [3.05, 3.63) is 18.2 Å². The largest absolute Gasteiger partial charge is 0.493 e. The molecule has 1 unspecified atom stereocenters. The Morgan fingerprint density at radius 1 is 1.10 bits per heavy atom. The molecule has 1 amide bonds. The standard InChI is InChI=1S/C19H28N2O7S/c1-25-16-7-6-15(13-17(16)26-2)29(23,24)21-10-8-14(9-11-21)19(22)20-28-18-5-3-4-12-27-18/h6-7,13-14,18H,3-5,8-12H2,1-2H3,(H,20,22). The summed E-state index contributed by atoms with van der Waals surface area (Å²) >= 11 is 0. The minimum Gasteiger partial charge on any atom is -0.493 e. The van der Waals surface area contributed by atoms with E-state index in [0.717, 1.165) is 19.3 Å². The molecule has 2 aliphatic rings. The maximum Gasteiger partial charge on any atom is 0.246 e. The molecule has 2 fully saturated rings. The van der Waals surface area contributed by atoms with Crippen molar-refractivity contribution in [1.82, 2.24) is 9.79 Å². The quantitative estimate of drug-likeness (QED) is 0.659. The molecule has 162 valence electrons. The number of hydrogen-bond donors (Lipinski definition) is 1. The Hall–Kier alpha value is -1.88. The monoisotopic (exact) mass is 428 g/mol. The fourth-order valence-corrected chi connectivity index (χ4v) is 4.98. The maximum atomic E-state index is 13.0. The zero-order chi connectivity index (χ0) is 20.9. The van der Waals surface area contributed by atoms with Crippen LogP contribution < -0.4 is 15.0 Å². The second kappa shape index (κ2) is 9.75. The Labute approximate surface area is 171 Å². The summed E-state index contributed by atoms with van der Waals surface area (Å²) < 4.78 is 43.1. The van der Waals surface area contributed by atoms with E-state index in [1.807, 2.05) is 0 Å². The third kappa shape index (κ3) is 5.19. The molecule has 0 spiro atoms. The number of rotatable bonds is 7. The van der Waals surface area contributed by atoms with Crippen LogP contribution in [0.15, 0.2) is 23.1 Å². The molecule has 1 atom stereocenters. The molecule has 0 saturated carbocycles. The van der Waals surface area contributed by atoms with Gasteiger partial charge in [0.15, 0.2) is 17.8 Å². The third-order valence-corrected chi connectivity index (χ3v) is 7.14. The highest BCUT2D eigenvalue weighted by Gasteiger charge is 2.33. The van der Waals surface area contributed by atoms with Gasteiger partial charge in [0.25, 0.3) is 0 Å². The second-order valence-corrected chi connectivity index (χ2v) is 9.01. The number of sulfonamides is 1. The van der Waals surface area contributed by atoms with Gasteiger partial charge in [0.2, 0.25) is 15.9 Å². The van der Waals surface area contributed by atoms with Crippen molar-refractivity contribution in [3.8, 4) is 11.5 Å². The van der Waals surface area contributed by atoms with E-state index in [9.17, 15) is 13.2 Å². The Bertz CT molecular complexity index is 801. The molecular formula is C19H28N2O7S. The van der Waals surface area contributed by atoms with Crippen molar-refractivity contribution in [2.24, 2.45) is 5.92 Å². The first-order valence-corrected chi connectivity index (χ1v) is 11.2. The Morgan fingerprint density at radius 2 is 1.83 bits per heavy atom. The molecule has 2 heterocycles. The summed E-state index contributed by atoms with van der Waals surface area (Å²) in [6.45, 7) is 1.15. The van der Waals surface area contributed by atoms with E-state index in [4.69, 9.17) is 19.0 Å². The lowest BCUT2D eigenvalue weighted by atomic mass is 9.98. The summed E-state index contributed by atoms with van der Waals surface area (Å²) in [4.78, 5) is 17.8. The molecule has 1 N–H and O–H groups in total. The lowest BCUT2D eigenvalue weighted by Crippen LogP contribution is -2.44.